The number of fused-ring (bicyclic) bond motifs is 3. The molecule has 2 saturated carbocycles. The molecule has 4 aliphatic rings. The molecule has 2 fully saturated rings. The van der Waals surface area contributed by atoms with Crippen molar-refractivity contribution < 1.29 is 9.84 Å². The van der Waals surface area contributed by atoms with Gasteiger partial charge in [-0.05, 0) is 85.1 Å². The molecule has 122 valence electrons. The first-order valence-electron chi connectivity index (χ1n) is 9.13. The zero-order chi connectivity index (χ0) is 15.9. The molecule has 2 nitrogen and oxygen atoms in total. The number of allylic oxidation sites excluding steroid dienone is 2. The average Bonchev–Trinajstić information content (AvgIpc) is 2.95. The molecule has 0 aromatic heterocycles. The molecule has 0 aliphatic heterocycles. The van der Waals surface area contributed by atoms with Crippen LogP contribution < -0.4 is 4.74 Å². The lowest BCUT2D eigenvalue weighted by Gasteiger charge is -2.53. The molecule has 0 unspecified atom stereocenters. The third-order valence-electron chi connectivity index (χ3n) is 8.19. The van der Waals surface area contributed by atoms with Crippen molar-refractivity contribution in [3.63, 3.8) is 0 Å². The third-order valence-corrected chi connectivity index (χ3v) is 8.19. The van der Waals surface area contributed by atoms with E-state index in [2.05, 4.69) is 31.2 Å². The van der Waals surface area contributed by atoms with Gasteiger partial charge < -0.3 is 9.84 Å². The van der Waals surface area contributed by atoms with Gasteiger partial charge in [-0.1, -0.05) is 19.1 Å². The summed E-state index contributed by atoms with van der Waals surface area (Å²) in [5.41, 5.74) is 4.48. The van der Waals surface area contributed by atoms with Gasteiger partial charge >= 0.3 is 0 Å². The van der Waals surface area contributed by atoms with Gasteiger partial charge in [0.2, 0.25) is 0 Å². The monoisotopic (exact) mass is 310 g/mol. The molecule has 4 aliphatic carbocycles. The van der Waals surface area contributed by atoms with Crippen LogP contribution in [0.2, 0.25) is 0 Å². The Labute approximate surface area is 138 Å². The van der Waals surface area contributed by atoms with Crippen LogP contribution >= 0.6 is 0 Å². The molecule has 0 saturated heterocycles. The van der Waals surface area contributed by atoms with Gasteiger partial charge in [-0.2, -0.15) is 0 Å². The first kappa shape index (κ1) is 14.1. The standard InChI is InChI=1S/C21H26O2/c1-19-8-7-17-16-5-4-15(23-2)13-14(16)3-6-18(17)20(19)9-11-21(19,22)12-10-20/h4-5,7,13,18,22H,3,6,8-12H2,1-2H3/t18-,19+,20?,21?/m1/s1. The number of hydrogen-bond donors (Lipinski definition) is 1. The van der Waals surface area contributed by atoms with Gasteiger partial charge in [0.05, 0.1) is 12.7 Å². The molecule has 2 bridgehead atoms. The minimum atomic E-state index is -0.408. The summed E-state index contributed by atoms with van der Waals surface area (Å²) in [6.07, 6.45) is 10.3. The van der Waals surface area contributed by atoms with Gasteiger partial charge in [-0.25, -0.2) is 0 Å². The molecular formula is C21H26O2. The van der Waals surface area contributed by atoms with Crippen LogP contribution in [-0.2, 0) is 6.42 Å². The van der Waals surface area contributed by atoms with Crippen LogP contribution in [0.1, 0.15) is 56.6 Å². The van der Waals surface area contributed by atoms with E-state index < -0.39 is 5.60 Å². The van der Waals surface area contributed by atoms with E-state index in [1.807, 2.05) is 0 Å². The quantitative estimate of drug-likeness (QED) is 0.835. The first-order valence-corrected chi connectivity index (χ1v) is 9.13. The van der Waals surface area contributed by atoms with Crippen molar-refractivity contribution in [2.45, 2.75) is 57.5 Å². The number of aliphatic hydroxyl groups is 1. The molecule has 0 spiro atoms. The maximum Gasteiger partial charge on any atom is 0.119 e. The molecule has 0 heterocycles. The van der Waals surface area contributed by atoms with Crippen LogP contribution in [0.5, 0.6) is 5.75 Å². The zero-order valence-electron chi connectivity index (χ0n) is 14.2. The Kier molecular flexibility index (Phi) is 2.58. The second kappa shape index (κ2) is 4.22. The van der Waals surface area contributed by atoms with Crippen molar-refractivity contribution >= 4 is 5.57 Å². The lowest BCUT2D eigenvalue weighted by atomic mass is 9.51. The molecule has 5 rings (SSSR count). The lowest BCUT2D eigenvalue weighted by molar-refractivity contribution is -0.0642. The van der Waals surface area contributed by atoms with Gasteiger partial charge in [-0.3, -0.25) is 0 Å². The molecule has 1 aromatic carbocycles. The molecule has 1 N–H and O–H groups in total. The van der Waals surface area contributed by atoms with Crippen LogP contribution in [0.15, 0.2) is 24.3 Å². The summed E-state index contributed by atoms with van der Waals surface area (Å²) in [6.45, 7) is 2.38. The van der Waals surface area contributed by atoms with E-state index in [1.165, 1.54) is 30.4 Å². The van der Waals surface area contributed by atoms with Gasteiger partial charge in [0, 0.05) is 5.41 Å². The summed E-state index contributed by atoms with van der Waals surface area (Å²) in [5.74, 6) is 1.61. The highest BCUT2D eigenvalue weighted by Gasteiger charge is 2.72. The number of methoxy groups -OCH3 is 1. The fourth-order valence-electron chi connectivity index (χ4n) is 6.77. The maximum absolute atomic E-state index is 11.2. The van der Waals surface area contributed by atoms with Crippen LogP contribution in [0.3, 0.4) is 0 Å². The van der Waals surface area contributed by atoms with E-state index in [4.69, 9.17) is 4.74 Å². The molecule has 23 heavy (non-hydrogen) atoms. The normalized spacial score (nSPS) is 43.4. The van der Waals surface area contributed by atoms with E-state index in [0.717, 1.165) is 31.4 Å². The molecule has 0 amide bonds. The largest absolute Gasteiger partial charge is 0.497 e. The van der Waals surface area contributed by atoms with Crippen molar-refractivity contribution in [2.24, 2.45) is 16.7 Å². The zero-order valence-corrected chi connectivity index (χ0v) is 14.2. The van der Waals surface area contributed by atoms with Crippen molar-refractivity contribution in [3.8, 4) is 5.75 Å². The Balaban J connectivity index is 1.65. The summed E-state index contributed by atoms with van der Waals surface area (Å²) in [7, 11) is 1.75. The van der Waals surface area contributed by atoms with Crippen molar-refractivity contribution in [1.29, 1.82) is 0 Å². The van der Waals surface area contributed by atoms with Gasteiger partial charge in [0.15, 0.2) is 0 Å². The summed E-state index contributed by atoms with van der Waals surface area (Å²) in [4.78, 5) is 0. The van der Waals surface area contributed by atoms with Gasteiger partial charge in [-0.15, -0.1) is 0 Å². The molecular weight excluding hydrogens is 284 g/mol. The highest BCUT2D eigenvalue weighted by Crippen LogP contribution is 2.76. The molecule has 2 atom stereocenters. The topological polar surface area (TPSA) is 29.5 Å². The van der Waals surface area contributed by atoms with Crippen molar-refractivity contribution in [1.82, 2.24) is 0 Å². The Morgan fingerprint density at radius 3 is 2.70 bits per heavy atom. The highest BCUT2D eigenvalue weighted by atomic mass is 16.5. The van der Waals surface area contributed by atoms with Gasteiger partial charge in [0.25, 0.3) is 0 Å². The second-order valence-corrected chi connectivity index (χ2v) is 8.50. The van der Waals surface area contributed by atoms with Crippen LogP contribution in [0, 0.1) is 16.7 Å². The summed E-state index contributed by atoms with van der Waals surface area (Å²) in [5, 5.41) is 11.2. The fraction of sp³-hybridized carbons (Fsp3) is 0.619. The maximum atomic E-state index is 11.2. The molecule has 1 aromatic rings. The van der Waals surface area contributed by atoms with Gasteiger partial charge in [0.1, 0.15) is 5.75 Å². The predicted octanol–water partition coefficient (Wildman–Crippen LogP) is 4.36. The van der Waals surface area contributed by atoms with E-state index in [0.29, 0.717) is 11.3 Å². The number of rotatable bonds is 1. The fourth-order valence-corrected chi connectivity index (χ4v) is 6.77. The SMILES string of the molecule is COc1ccc2c(c1)CC[C@@H]1C2=CC[C@]2(C)C3(O)CCC12CC3. The predicted molar refractivity (Wildman–Crippen MR) is 91.4 cm³/mol. The second-order valence-electron chi connectivity index (χ2n) is 8.50. The van der Waals surface area contributed by atoms with Crippen LogP contribution in [0.25, 0.3) is 5.57 Å². The number of aryl methyl sites for hydroxylation is 1. The summed E-state index contributed by atoms with van der Waals surface area (Å²) >= 11 is 0. The number of ether oxygens (including phenoxy) is 1. The Bertz CT molecular complexity index is 709. The minimum absolute atomic E-state index is 0.0954. The van der Waals surface area contributed by atoms with Crippen molar-refractivity contribution in [2.75, 3.05) is 7.11 Å². The Hall–Kier alpha value is -1.28. The minimum Gasteiger partial charge on any atom is -0.497 e. The van der Waals surface area contributed by atoms with E-state index >= 15 is 0 Å². The summed E-state index contributed by atoms with van der Waals surface area (Å²) in [6, 6.07) is 6.59. The first-order chi connectivity index (χ1) is 11.0. The van der Waals surface area contributed by atoms with E-state index in [-0.39, 0.29) is 5.41 Å². The van der Waals surface area contributed by atoms with E-state index in [9.17, 15) is 5.11 Å². The average molecular weight is 310 g/mol. The lowest BCUT2D eigenvalue weighted by Crippen LogP contribution is -2.48. The molecule has 2 heteroatoms. The highest BCUT2D eigenvalue weighted by molar-refractivity contribution is 5.74. The van der Waals surface area contributed by atoms with Crippen LogP contribution in [0.4, 0.5) is 0 Å². The Morgan fingerprint density at radius 2 is 1.96 bits per heavy atom. The van der Waals surface area contributed by atoms with E-state index in [1.54, 1.807) is 12.7 Å². The molecule has 0 radical (unpaired) electrons. The number of benzene rings is 1. The smallest absolute Gasteiger partial charge is 0.119 e. The van der Waals surface area contributed by atoms with Crippen molar-refractivity contribution in [3.05, 3.63) is 35.4 Å². The summed E-state index contributed by atoms with van der Waals surface area (Å²) < 4.78 is 5.41. The Morgan fingerprint density at radius 1 is 1.17 bits per heavy atom. The number of hydrogen-bond acceptors (Lipinski definition) is 2. The third kappa shape index (κ3) is 1.45. The van der Waals surface area contributed by atoms with Crippen LogP contribution in [-0.4, -0.2) is 17.8 Å².